The second-order valence-electron chi connectivity index (χ2n) is 5.55. The Morgan fingerprint density at radius 3 is 2.70 bits per heavy atom. The lowest BCUT2D eigenvalue weighted by Gasteiger charge is -2.34. The number of pyridine rings is 1. The number of nitrogens with zero attached hydrogens (tertiary/aromatic N) is 5. The van der Waals surface area contributed by atoms with Gasteiger partial charge in [0.2, 0.25) is 11.5 Å². The fraction of sp³-hybridized carbons (Fsp3) is 0.500. The summed E-state index contributed by atoms with van der Waals surface area (Å²) < 4.78 is 12.7. The first-order valence-electron chi connectivity index (χ1n) is 7.45. The van der Waals surface area contributed by atoms with Crippen molar-refractivity contribution in [3.05, 3.63) is 34.5 Å². The van der Waals surface area contributed by atoms with Crippen LogP contribution in [-0.2, 0) is 10.8 Å². The van der Waals surface area contributed by atoms with Crippen molar-refractivity contribution in [1.82, 2.24) is 14.3 Å². The van der Waals surface area contributed by atoms with E-state index >= 15 is 0 Å². The maximum atomic E-state index is 11.5. The quantitative estimate of drug-likeness (QED) is 0.591. The van der Waals surface area contributed by atoms with Gasteiger partial charge in [0.05, 0.1) is 6.20 Å². The van der Waals surface area contributed by atoms with Gasteiger partial charge in [0.15, 0.2) is 0 Å². The Morgan fingerprint density at radius 2 is 2.04 bits per heavy atom. The molecule has 3 rings (SSSR count). The summed E-state index contributed by atoms with van der Waals surface area (Å²) in [5.41, 5.74) is 0.581. The molecular formula is C14H19N5O3S. The van der Waals surface area contributed by atoms with Gasteiger partial charge in [-0.3, -0.25) is 9.11 Å². The molecule has 2 aromatic heterocycles. The van der Waals surface area contributed by atoms with E-state index < -0.39 is 10.8 Å². The molecule has 0 radical (unpaired) electrons. The lowest BCUT2D eigenvalue weighted by Crippen LogP contribution is -2.47. The second kappa shape index (κ2) is 6.63. The summed E-state index contributed by atoms with van der Waals surface area (Å²) in [7, 11) is -0.793. The van der Waals surface area contributed by atoms with Crippen molar-refractivity contribution in [1.29, 1.82) is 0 Å². The van der Waals surface area contributed by atoms with Crippen LogP contribution < -0.4 is 4.90 Å². The number of piperazine rings is 1. The molecule has 0 saturated carbocycles. The Kier molecular flexibility index (Phi) is 4.58. The zero-order chi connectivity index (χ0) is 16.4. The molecule has 124 valence electrons. The Bertz CT molecular complexity index is 739. The van der Waals surface area contributed by atoms with Crippen LogP contribution in [0.4, 0.5) is 11.6 Å². The number of anilines is 1. The highest BCUT2D eigenvalue weighted by molar-refractivity contribution is 7.84. The highest BCUT2D eigenvalue weighted by Crippen LogP contribution is 2.29. The predicted octanol–water partition coefficient (Wildman–Crippen LogP) is 0.743. The van der Waals surface area contributed by atoms with Crippen molar-refractivity contribution in [3.63, 3.8) is 0 Å². The third-order valence-electron chi connectivity index (χ3n) is 4.03. The molecule has 23 heavy (non-hydrogen) atoms. The van der Waals surface area contributed by atoms with E-state index in [0.717, 1.165) is 19.6 Å². The third kappa shape index (κ3) is 3.35. The first kappa shape index (κ1) is 15.9. The Labute approximate surface area is 136 Å². The molecule has 0 bridgehead atoms. The summed E-state index contributed by atoms with van der Waals surface area (Å²) in [6.45, 7) is 3.75. The maximum Gasteiger partial charge on any atom is 0.372 e. The smallest absolute Gasteiger partial charge is 0.358 e. The summed E-state index contributed by atoms with van der Waals surface area (Å²) in [6.07, 6.45) is 3.37. The van der Waals surface area contributed by atoms with Crippen molar-refractivity contribution in [3.8, 4) is 0 Å². The summed E-state index contributed by atoms with van der Waals surface area (Å²) in [5, 5.41) is 11.5. The van der Waals surface area contributed by atoms with Crippen molar-refractivity contribution < 1.29 is 9.13 Å². The Balaban J connectivity index is 1.78. The predicted molar refractivity (Wildman–Crippen MR) is 89.4 cm³/mol. The van der Waals surface area contributed by atoms with E-state index in [2.05, 4.69) is 9.88 Å². The Hall–Kier alpha value is -2.00. The van der Waals surface area contributed by atoms with E-state index in [1.807, 2.05) is 11.0 Å². The second-order valence-corrected chi connectivity index (χ2v) is 7.11. The highest BCUT2D eigenvalue weighted by atomic mass is 32.2. The summed E-state index contributed by atoms with van der Waals surface area (Å²) in [6, 6.07) is 5.34. The molecule has 8 nitrogen and oxygen atoms in total. The minimum atomic E-state index is -0.793. The molecule has 1 saturated heterocycles. The van der Waals surface area contributed by atoms with Gasteiger partial charge in [-0.15, -0.1) is 0 Å². The van der Waals surface area contributed by atoms with Crippen molar-refractivity contribution in [2.75, 3.05) is 49.6 Å². The number of imidazole rings is 1. The molecule has 0 aromatic carbocycles. The van der Waals surface area contributed by atoms with Gasteiger partial charge in [-0.1, -0.05) is 6.07 Å². The van der Waals surface area contributed by atoms with E-state index in [0.29, 0.717) is 30.3 Å². The average Bonchev–Trinajstić information content (AvgIpc) is 2.93. The number of rotatable bonds is 5. The van der Waals surface area contributed by atoms with Gasteiger partial charge in [0.1, 0.15) is 0 Å². The minimum absolute atomic E-state index is 0.0173. The van der Waals surface area contributed by atoms with Gasteiger partial charge in [-0.05, 0) is 11.0 Å². The topological polar surface area (TPSA) is 84.0 Å². The SMILES string of the molecule is CS(=O)CCN1CCN(c2nc3ccccn3c2[N+](=O)[O-])CC1. The molecular weight excluding hydrogens is 318 g/mol. The standard InChI is InChI=1S/C14H19N5O3S/c1-23(22)11-10-16-6-8-17(9-7-16)13-14(19(20)21)18-5-3-2-4-12(18)15-13/h2-5H,6-11H2,1H3. The molecule has 1 aliphatic heterocycles. The molecule has 0 aliphatic carbocycles. The molecule has 3 heterocycles. The molecule has 2 aromatic rings. The largest absolute Gasteiger partial charge is 0.372 e. The molecule has 1 unspecified atom stereocenters. The number of hydrogen-bond acceptors (Lipinski definition) is 6. The van der Waals surface area contributed by atoms with Gasteiger partial charge in [-0.25, -0.2) is 0 Å². The van der Waals surface area contributed by atoms with Gasteiger partial charge in [-0.2, -0.15) is 9.38 Å². The first-order chi connectivity index (χ1) is 11.1. The van der Waals surface area contributed by atoms with E-state index in [4.69, 9.17) is 0 Å². The van der Waals surface area contributed by atoms with Gasteiger partial charge in [0.25, 0.3) is 0 Å². The summed E-state index contributed by atoms with van der Waals surface area (Å²) >= 11 is 0. The lowest BCUT2D eigenvalue weighted by atomic mass is 10.3. The maximum absolute atomic E-state index is 11.5. The molecule has 1 aliphatic rings. The molecule has 0 N–H and O–H groups in total. The third-order valence-corrected chi connectivity index (χ3v) is 4.78. The minimum Gasteiger partial charge on any atom is -0.358 e. The zero-order valence-corrected chi connectivity index (χ0v) is 13.7. The normalized spacial score (nSPS) is 17.5. The van der Waals surface area contributed by atoms with E-state index in [1.165, 1.54) is 4.40 Å². The van der Waals surface area contributed by atoms with Crippen molar-refractivity contribution >= 4 is 28.1 Å². The number of aromatic nitrogens is 2. The average molecular weight is 337 g/mol. The van der Waals surface area contributed by atoms with Crippen LogP contribution in [-0.4, -0.2) is 68.1 Å². The molecule has 1 atom stereocenters. The molecule has 0 spiro atoms. The van der Waals surface area contributed by atoms with E-state index in [-0.39, 0.29) is 10.7 Å². The summed E-state index contributed by atoms with van der Waals surface area (Å²) in [5.74, 6) is 1.11. The van der Waals surface area contributed by atoms with Crippen LogP contribution in [0.1, 0.15) is 0 Å². The lowest BCUT2D eigenvalue weighted by molar-refractivity contribution is -0.389. The van der Waals surface area contributed by atoms with Crippen LogP contribution in [0.3, 0.4) is 0 Å². The van der Waals surface area contributed by atoms with Crippen molar-refractivity contribution in [2.24, 2.45) is 0 Å². The fourth-order valence-corrected chi connectivity index (χ4v) is 3.31. The number of nitro groups is 1. The Morgan fingerprint density at radius 1 is 1.30 bits per heavy atom. The molecule has 1 fully saturated rings. The van der Waals surface area contributed by atoms with E-state index in [9.17, 15) is 14.3 Å². The summed E-state index contributed by atoms with van der Waals surface area (Å²) in [4.78, 5) is 19.7. The van der Waals surface area contributed by atoms with Gasteiger partial charge in [0, 0.05) is 61.6 Å². The molecule has 0 amide bonds. The van der Waals surface area contributed by atoms with Crippen LogP contribution in [0.15, 0.2) is 24.4 Å². The highest BCUT2D eigenvalue weighted by Gasteiger charge is 2.29. The number of fused-ring (bicyclic) bond motifs is 1. The van der Waals surface area contributed by atoms with Crippen LogP contribution in [0.5, 0.6) is 0 Å². The van der Waals surface area contributed by atoms with Crippen LogP contribution in [0, 0.1) is 10.1 Å². The van der Waals surface area contributed by atoms with E-state index in [1.54, 1.807) is 24.6 Å². The zero-order valence-electron chi connectivity index (χ0n) is 12.9. The van der Waals surface area contributed by atoms with Gasteiger partial charge < -0.3 is 15.0 Å². The molecule has 9 heteroatoms. The van der Waals surface area contributed by atoms with Crippen LogP contribution in [0.25, 0.3) is 5.65 Å². The van der Waals surface area contributed by atoms with Gasteiger partial charge >= 0.3 is 5.82 Å². The monoisotopic (exact) mass is 337 g/mol. The fourth-order valence-electron chi connectivity index (χ4n) is 2.79. The van der Waals surface area contributed by atoms with Crippen LogP contribution in [0.2, 0.25) is 0 Å². The first-order valence-corrected chi connectivity index (χ1v) is 9.18. The number of hydrogen-bond donors (Lipinski definition) is 0. The van der Waals surface area contributed by atoms with Crippen LogP contribution >= 0.6 is 0 Å². The van der Waals surface area contributed by atoms with Crippen molar-refractivity contribution in [2.45, 2.75) is 0 Å².